The Morgan fingerprint density at radius 3 is 2.28 bits per heavy atom. The van der Waals surface area contributed by atoms with Gasteiger partial charge in [-0.3, -0.25) is 10.1 Å². The molecule has 0 aliphatic carbocycles. The van der Waals surface area contributed by atoms with E-state index >= 15 is 0 Å². The lowest BCUT2D eigenvalue weighted by atomic mass is 10.1. The minimum absolute atomic E-state index is 0.216. The van der Waals surface area contributed by atoms with Crippen molar-refractivity contribution < 1.29 is 9.21 Å². The van der Waals surface area contributed by atoms with E-state index in [4.69, 9.17) is 16.6 Å². The van der Waals surface area contributed by atoms with Crippen LogP contribution in [0.25, 0.3) is 22.6 Å². The molecule has 1 amide bonds. The molecule has 0 aliphatic heterocycles. The van der Waals surface area contributed by atoms with Gasteiger partial charge in [-0.2, -0.15) is 0 Å². The van der Waals surface area contributed by atoms with Gasteiger partial charge in [0.2, 0.25) is 5.89 Å². The molecule has 1 aromatic heterocycles. The number of thiocarbonyl (C=S) groups is 1. The van der Waals surface area contributed by atoms with Crippen LogP contribution < -0.4 is 10.6 Å². The molecule has 0 saturated heterocycles. The Morgan fingerprint density at radius 1 is 0.931 bits per heavy atom. The zero-order chi connectivity index (χ0) is 20.4. The highest BCUT2D eigenvalue weighted by Crippen LogP contribution is 2.26. The van der Waals surface area contributed by atoms with Crippen LogP contribution in [-0.2, 0) is 0 Å². The molecule has 0 spiro atoms. The van der Waals surface area contributed by atoms with Crippen molar-refractivity contribution in [2.45, 2.75) is 13.8 Å². The van der Waals surface area contributed by atoms with Crippen molar-refractivity contribution in [2.75, 3.05) is 5.32 Å². The van der Waals surface area contributed by atoms with Crippen LogP contribution in [0.1, 0.15) is 21.5 Å². The molecule has 29 heavy (non-hydrogen) atoms. The standard InChI is InChI=1S/C23H19N3O2S/c1-14-3-7-16(8-4-14)21(27)26-23(29)24-18-11-12-19-20(13-18)28-22(25-19)17-9-5-15(2)6-10-17/h3-13H,1-2H3,(H2,24,26,27,29). The molecule has 0 atom stereocenters. The summed E-state index contributed by atoms with van der Waals surface area (Å²) in [5.74, 6) is 0.303. The number of carbonyl (C=O) groups excluding carboxylic acids is 1. The topological polar surface area (TPSA) is 67.2 Å². The van der Waals surface area contributed by atoms with E-state index in [1.807, 2.05) is 68.4 Å². The van der Waals surface area contributed by atoms with Gasteiger partial charge in [0.25, 0.3) is 5.91 Å². The molecule has 0 bridgehead atoms. The number of hydrogen-bond donors (Lipinski definition) is 2. The van der Waals surface area contributed by atoms with Crippen molar-refractivity contribution in [3.8, 4) is 11.5 Å². The number of rotatable bonds is 3. The number of aromatic nitrogens is 1. The Bertz CT molecular complexity index is 1200. The van der Waals surface area contributed by atoms with Crippen LogP contribution in [0.4, 0.5) is 5.69 Å². The lowest BCUT2D eigenvalue weighted by Gasteiger charge is -2.09. The molecule has 6 heteroatoms. The number of fused-ring (bicyclic) bond motifs is 1. The Balaban J connectivity index is 1.47. The number of aryl methyl sites for hydroxylation is 2. The maximum atomic E-state index is 12.3. The van der Waals surface area contributed by atoms with E-state index in [2.05, 4.69) is 15.6 Å². The van der Waals surface area contributed by atoms with E-state index in [9.17, 15) is 4.79 Å². The first-order chi connectivity index (χ1) is 14.0. The predicted molar refractivity (Wildman–Crippen MR) is 119 cm³/mol. The van der Waals surface area contributed by atoms with Gasteiger partial charge in [-0.25, -0.2) is 4.98 Å². The molecule has 0 unspecified atom stereocenters. The first-order valence-electron chi connectivity index (χ1n) is 9.14. The third kappa shape index (κ3) is 4.33. The minimum atomic E-state index is -0.259. The van der Waals surface area contributed by atoms with Gasteiger partial charge in [0.05, 0.1) is 0 Å². The molecule has 1 heterocycles. The number of nitrogens with zero attached hydrogens (tertiary/aromatic N) is 1. The maximum absolute atomic E-state index is 12.3. The van der Waals surface area contributed by atoms with Crippen LogP contribution in [0.15, 0.2) is 71.1 Å². The number of amides is 1. The van der Waals surface area contributed by atoms with Crippen LogP contribution in [0.5, 0.6) is 0 Å². The molecule has 3 aromatic carbocycles. The number of hydrogen-bond acceptors (Lipinski definition) is 4. The first kappa shape index (κ1) is 18.8. The van der Waals surface area contributed by atoms with E-state index in [1.165, 1.54) is 5.56 Å². The van der Waals surface area contributed by atoms with Crippen molar-refractivity contribution in [1.29, 1.82) is 0 Å². The van der Waals surface area contributed by atoms with Gasteiger partial charge in [-0.1, -0.05) is 35.4 Å². The summed E-state index contributed by atoms with van der Waals surface area (Å²) < 4.78 is 5.90. The Labute approximate surface area is 173 Å². The molecular formula is C23H19N3O2S. The summed E-state index contributed by atoms with van der Waals surface area (Å²) in [5, 5.41) is 5.91. The number of anilines is 1. The fourth-order valence-electron chi connectivity index (χ4n) is 2.86. The maximum Gasteiger partial charge on any atom is 0.257 e. The highest BCUT2D eigenvalue weighted by atomic mass is 32.1. The third-order valence-electron chi connectivity index (χ3n) is 4.49. The van der Waals surface area contributed by atoms with Crippen LogP contribution in [0.3, 0.4) is 0 Å². The molecule has 0 saturated carbocycles. The summed E-state index contributed by atoms with van der Waals surface area (Å²) in [6, 6.07) is 20.8. The number of oxazole rings is 1. The lowest BCUT2D eigenvalue weighted by molar-refractivity contribution is 0.0977. The Hall–Kier alpha value is -3.51. The highest BCUT2D eigenvalue weighted by molar-refractivity contribution is 7.80. The summed E-state index contributed by atoms with van der Waals surface area (Å²) in [7, 11) is 0. The van der Waals surface area contributed by atoms with Crippen molar-refractivity contribution in [3.05, 3.63) is 83.4 Å². The molecule has 2 N–H and O–H groups in total. The predicted octanol–water partition coefficient (Wildman–Crippen LogP) is 5.24. The van der Waals surface area contributed by atoms with Crippen molar-refractivity contribution in [1.82, 2.24) is 10.3 Å². The number of nitrogens with one attached hydrogen (secondary N) is 2. The quantitative estimate of drug-likeness (QED) is 0.460. The summed E-state index contributed by atoms with van der Waals surface area (Å²) >= 11 is 5.27. The average Bonchev–Trinajstić information content (AvgIpc) is 3.12. The Kier molecular flexibility index (Phi) is 5.10. The fourth-order valence-corrected chi connectivity index (χ4v) is 3.08. The smallest absolute Gasteiger partial charge is 0.257 e. The van der Waals surface area contributed by atoms with E-state index < -0.39 is 0 Å². The largest absolute Gasteiger partial charge is 0.436 e. The second kappa shape index (κ2) is 7.85. The number of carbonyl (C=O) groups is 1. The summed E-state index contributed by atoms with van der Waals surface area (Å²) in [5.41, 5.74) is 5.83. The molecule has 0 fully saturated rings. The second-order valence-electron chi connectivity index (χ2n) is 6.84. The van der Waals surface area contributed by atoms with Crippen LogP contribution in [0.2, 0.25) is 0 Å². The molecule has 0 aliphatic rings. The molecule has 4 aromatic rings. The summed E-state index contributed by atoms with van der Waals surface area (Å²) in [6.45, 7) is 4.01. The molecule has 5 nitrogen and oxygen atoms in total. The van der Waals surface area contributed by atoms with Gasteiger partial charge in [0, 0.05) is 22.9 Å². The van der Waals surface area contributed by atoms with E-state index in [0.717, 1.165) is 16.6 Å². The van der Waals surface area contributed by atoms with Crippen LogP contribution in [-0.4, -0.2) is 16.0 Å². The summed E-state index contributed by atoms with van der Waals surface area (Å²) in [4.78, 5) is 16.8. The molecule has 4 rings (SSSR count). The normalized spacial score (nSPS) is 10.7. The number of benzene rings is 3. The van der Waals surface area contributed by atoms with Crippen molar-refractivity contribution in [2.24, 2.45) is 0 Å². The minimum Gasteiger partial charge on any atom is -0.436 e. The van der Waals surface area contributed by atoms with Gasteiger partial charge in [0.15, 0.2) is 10.7 Å². The third-order valence-corrected chi connectivity index (χ3v) is 4.69. The Morgan fingerprint density at radius 2 is 1.59 bits per heavy atom. The highest BCUT2D eigenvalue weighted by Gasteiger charge is 2.11. The zero-order valence-corrected chi connectivity index (χ0v) is 16.8. The molecular weight excluding hydrogens is 382 g/mol. The molecule has 0 radical (unpaired) electrons. The van der Waals surface area contributed by atoms with Crippen LogP contribution in [0, 0.1) is 13.8 Å². The van der Waals surface area contributed by atoms with Crippen LogP contribution >= 0.6 is 12.2 Å². The summed E-state index contributed by atoms with van der Waals surface area (Å²) in [6.07, 6.45) is 0. The van der Waals surface area contributed by atoms with E-state index in [-0.39, 0.29) is 11.0 Å². The van der Waals surface area contributed by atoms with E-state index in [1.54, 1.807) is 12.1 Å². The van der Waals surface area contributed by atoms with Crippen molar-refractivity contribution in [3.63, 3.8) is 0 Å². The van der Waals surface area contributed by atoms with Gasteiger partial charge in [-0.05, 0) is 62.5 Å². The van der Waals surface area contributed by atoms with Gasteiger partial charge in [-0.15, -0.1) is 0 Å². The van der Waals surface area contributed by atoms with Gasteiger partial charge >= 0.3 is 0 Å². The SMILES string of the molecule is Cc1ccc(C(=O)NC(=S)Nc2ccc3nc(-c4ccc(C)cc4)oc3c2)cc1. The lowest BCUT2D eigenvalue weighted by Crippen LogP contribution is -2.34. The second-order valence-corrected chi connectivity index (χ2v) is 7.25. The average molecular weight is 401 g/mol. The zero-order valence-electron chi connectivity index (χ0n) is 16.0. The van der Waals surface area contributed by atoms with Gasteiger partial charge in [0.1, 0.15) is 5.52 Å². The van der Waals surface area contributed by atoms with Crippen molar-refractivity contribution >= 4 is 40.0 Å². The van der Waals surface area contributed by atoms with E-state index in [0.29, 0.717) is 22.7 Å². The fraction of sp³-hybridized carbons (Fsp3) is 0.0870. The molecule has 144 valence electrons. The first-order valence-corrected chi connectivity index (χ1v) is 9.55. The monoisotopic (exact) mass is 401 g/mol. The van der Waals surface area contributed by atoms with Gasteiger partial charge < -0.3 is 9.73 Å².